The highest BCUT2D eigenvalue weighted by Crippen LogP contribution is 2.21. The van der Waals surface area contributed by atoms with Crippen molar-refractivity contribution in [1.29, 1.82) is 0 Å². The molecule has 1 unspecified atom stereocenters. The first-order chi connectivity index (χ1) is 10.8. The van der Waals surface area contributed by atoms with Crippen LogP contribution in [-0.4, -0.2) is 29.6 Å². The molecule has 0 aromatic rings. The zero-order valence-corrected chi connectivity index (χ0v) is 16.8. The molecule has 0 aliphatic carbocycles. The van der Waals surface area contributed by atoms with E-state index in [1.807, 2.05) is 0 Å². The Bertz CT molecular complexity index is 281. The lowest BCUT2D eigenvalue weighted by Crippen LogP contribution is -2.36. The Kier molecular flexibility index (Phi) is 14.9. The van der Waals surface area contributed by atoms with Crippen molar-refractivity contribution in [3.63, 3.8) is 0 Å². The third-order valence-electron chi connectivity index (χ3n) is 4.93. The van der Waals surface area contributed by atoms with Gasteiger partial charge in [0.05, 0.1) is 0 Å². The molecule has 1 aliphatic heterocycles. The Hall–Kier alpha value is -0.370. The third kappa shape index (κ3) is 10.2. The minimum absolute atomic E-state index is 0. The first-order valence-electron chi connectivity index (χ1n) is 9.95. The van der Waals surface area contributed by atoms with Gasteiger partial charge in [-0.05, 0) is 19.3 Å². The van der Waals surface area contributed by atoms with E-state index in [-0.39, 0.29) is 12.4 Å². The second-order valence-electron chi connectivity index (χ2n) is 7.01. The van der Waals surface area contributed by atoms with E-state index in [0.29, 0.717) is 6.17 Å². The molecule has 0 saturated carbocycles. The fraction of sp³-hybridized carbons (Fsp3) is 0.900. The van der Waals surface area contributed by atoms with Crippen LogP contribution in [0.5, 0.6) is 0 Å². The molecular formula is C20H41ClN2. The first kappa shape index (κ1) is 22.6. The first-order valence-corrected chi connectivity index (χ1v) is 9.95. The van der Waals surface area contributed by atoms with E-state index in [1.165, 1.54) is 90.0 Å². The molecule has 0 fully saturated rings. The van der Waals surface area contributed by atoms with Crippen molar-refractivity contribution in [3.05, 3.63) is 12.4 Å². The van der Waals surface area contributed by atoms with E-state index in [4.69, 9.17) is 0 Å². The third-order valence-corrected chi connectivity index (χ3v) is 4.93. The maximum absolute atomic E-state index is 2.54. The van der Waals surface area contributed by atoms with E-state index in [2.05, 4.69) is 43.1 Å². The van der Waals surface area contributed by atoms with Crippen LogP contribution in [0, 0.1) is 0 Å². The van der Waals surface area contributed by atoms with Gasteiger partial charge in [-0.3, -0.25) is 0 Å². The van der Waals surface area contributed by atoms with Gasteiger partial charge in [-0.2, -0.15) is 0 Å². The van der Waals surface area contributed by atoms with Crippen LogP contribution in [0.25, 0.3) is 0 Å². The standard InChI is InChI=1S/C20H40N2.ClH/c1-4-6-8-9-10-11-12-13-14-15-16-20-21(3)18-19-22(20)17-7-5-2;/h18-20H,4-17H2,1-3H3;1H. The number of unbranched alkanes of at least 4 members (excludes halogenated alkanes) is 10. The van der Waals surface area contributed by atoms with Crippen LogP contribution >= 0.6 is 12.4 Å². The molecule has 1 rings (SSSR count). The molecule has 0 radical (unpaired) electrons. The zero-order valence-electron chi connectivity index (χ0n) is 15.9. The van der Waals surface area contributed by atoms with Crippen molar-refractivity contribution in [2.45, 2.75) is 103 Å². The van der Waals surface area contributed by atoms with Crippen molar-refractivity contribution < 1.29 is 0 Å². The largest absolute Gasteiger partial charge is 0.359 e. The maximum Gasteiger partial charge on any atom is 0.100 e. The van der Waals surface area contributed by atoms with E-state index in [9.17, 15) is 0 Å². The van der Waals surface area contributed by atoms with Gasteiger partial charge in [0.25, 0.3) is 0 Å². The molecule has 3 heteroatoms. The van der Waals surface area contributed by atoms with E-state index in [0.717, 1.165) is 0 Å². The number of hydrogen-bond donors (Lipinski definition) is 0. The summed E-state index contributed by atoms with van der Waals surface area (Å²) in [5, 5.41) is 0. The fourth-order valence-corrected chi connectivity index (χ4v) is 3.37. The molecule has 0 N–H and O–H groups in total. The lowest BCUT2D eigenvalue weighted by molar-refractivity contribution is 0.160. The predicted octanol–water partition coefficient (Wildman–Crippen LogP) is 6.56. The highest BCUT2D eigenvalue weighted by molar-refractivity contribution is 5.85. The summed E-state index contributed by atoms with van der Waals surface area (Å²) in [6.45, 7) is 5.79. The van der Waals surface area contributed by atoms with Crippen molar-refractivity contribution >= 4 is 12.4 Å². The molecule has 0 aromatic carbocycles. The number of nitrogens with zero attached hydrogens (tertiary/aromatic N) is 2. The summed E-state index contributed by atoms with van der Waals surface area (Å²) in [7, 11) is 2.23. The van der Waals surface area contributed by atoms with Crippen LogP contribution in [0.2, 0.25) is 0 Å². The summed E-state index contributed by atoms with van der Waals surface area (Å²) >= 11 is 0. The molecule has 1 atom stereocenters. The van der Waals surface area contributed by atoms with Crippen LogP contribution in [0.1, 0.15) is 97.3 Å². The quantitative estimate of drug-likeness (QED) is 0.329. The van der Waals surface area contributed by atoms with E-state index < -0.39 is 0 Å². The van der Waals surface area contributed by atoms with Gasteiger partial charge >= 0.3 is 0 Å². The number of halogens is 1. The van der Waals surface area contributed by atoms with Gasteiger partial charge in [-0.15, -0.1) is 12.4 Å². The van der Waals surface area contributed by atoms with Crippen LogP contribution in [0.3, 0.4) is 0 Å². The maximum atomic E-state index is 2.54. The SMILES string of the molecule is CCCCCCCCCCCCC1N(C)C=CN1CCCC.Cl. The normalized spacial score (nSPS) is 16.9. The average Bonchev–Trinajstić information content (AvgIpc) is 2.87. The summed E-state index contributed by atoms with van der Waals surface area (Å²) < 4.78 is 0. The summed E-state index contributed by atoms with van der Waals surface area (Å²) in [6, 6.07) is 0. The second-order valence-corrected chi connectivity index (χ2v) is 7.01. The number of hydrogen-bond acceptors (Lipinski definition) is 2. The monoisotopic (exact) mass is 344 g/mol. The van der Waals surface area contributed by atoms with Crippen molar-refractivity contribution in [3.8, 4) is 0 Å². The Morgan fingerprint density at radius 3 is 1.78 bits per heavy atom. The lowest BCUT2D eigenvalue weighted by Gasteiger charge is -2.30. The van der Waals surface area contributed by atoms with Crippen molar-refractivity contribution in [1.82, 2.24) is 9.80 Å². The fourth-order valence-electron chi connectivity index (χ4n) is 3.37. The van der Waals surface area contributed by atoms with Gasteiger partial charge in [-0.25, -0.2) is 0 Å². The predicted molar refractivity (Wildman–Crippen MR) is 106 cm³/mol. The summed E-state index contributed by atoms with van der Waals surface area (Å²) in [4.78, 5) is 4.93. The molecule has 1 aliphatic rings. The average molecular weight is 345 g/mol. The Balaban J connectivity index is 0.00000484. The van der Waals surface area contributed by atoms with Gasteiger partial charge < -0.3 is 9.80 Å². The molecule has 0 bridgehead atoms. The van der Waals surface area contributed by atoms with Gasteiger partial charge in [-0.1, -0.05) is 78.1 Å². The summed E-state index contributed by atoms with van der Waals surface area (Å²) in [5.41, 5.74) is 0. The summed E-state index contributed by atoms with van der Waals surface area (Å²) in [5.74, 6) is 0. The molecule has 1 heterocycles. The minimum Gasteiger partial charge on any atom is -0.359 e. The Morgan fingerprint density at radius 1 is 0.696 bits per heavy atom. The van der Waals surface area contributed by atoms with E-state index >= 15 is 0 Å². The smallest absolute Gasteiger partial charge is 0.100 e. The van der Waals surface area contributed by atoms with Crippen LogP contribution in [-0.2, 0) is 0 Å². The molecule has 138 valence electrons. The van der Waals surface area contributed by atoms with Crippen molar-refractivity contribution in [2.75, 3.05) is 13.6 Å². The zero-order chi connectivity index (χ0) is 16.0. The van der Waals surface area contributed by atoms with Crippen LogP contribution < -0.4 is 0 Å². The molecule has 23 heavy (non-hydrogen) atoms. The van der Waals surface area contributed by atoms with Gasteiger partial charge in [0.2, 0.25) is 0 Å². The van der Waals surface area contributed by atoms with Crippen LogP contribution in [0.4, 0.5) is 0 Å². The van der Waals surface area contributed by atoms with Crippen molar-refractivity contribution in [2.24, 2.45) is 0 Å². The molecule has 0 amide bonds. The van der Waals surface area contributed by atoms with Gasteiger partial charge in [0.1, 0.15) is 6.17 Å². The second kappa shape index (κ2) is 15.2. The Morgan fingerprint density at radius 2 is 1.22 bits per heavy atom. The summed E-state index contributed by atoms with van der Waals surface area (Å²) in [6.07, 6.45) is 23.4. The lowest BCUT2D eigenvalue weighted by atomic mass is 10.1. The molecule has 2 nitrogen and oxygen atoms in total. The Labute approximate surface area is 152 Å². The molecule has 0 spiro atoms. The van der Waals surface area contributed by atoms with Gasteiger partial charge in [0.15, 0.2) is 0 Å². The highest BCUT2D eigenvalue weighted by Gasteiger charge is 2.21. The molecular weight excluding hydrogens is 304 g/mol. The minimum atomic E-state index is 0. The number of rotatable bonds is 14. The van der Waals surface area contributed by atoms with Gasteiger partial charge in [0, 0.05) is 26.0 Å². The van der Waals surface area contributed by atoms with Crippen LogP contribution in [0.15, 0.2) is 12.4 Å². The topological polar surface area (TPSA) is 6.48 Å². The highest BCUT2D eigenvalue weighted by atomic mass is 35.5. The molecule has 0 saturated heterocycles. The molecule has 0 aromatic heterocycles. The van der Waals surface area contributed by atoms with E-state index in [1.54, 1.807) is 0 Å².